The fraction of sp³-hybridized carbons (Fsp3) is 0.0714. The summed E-state index contributed by atoms with van der Waals surface area (Å²) in [5.41, 5.74) is 5.19. The lowest BCUT2D eigenvalue weighted by Crippen LogP contribution is -2.35. The van der Waals surface area contributed by atoms with Crippen LogP contribution in [0.15, 0.2) is 114 Å². The van der Waals surface area contributed by atoms with Gasteiger partial charge in [-0.1, -0.05) is 90.5 Å². The fourth-order valence-electron chi connectivity index (χ4n) is 4.16. The molecule has 1 aliphatic heterocycles. The van der Waals surface area contributed by atoms with E-state index >= 15 is 0 Å². The van der Waals surface area contributed by atoms with E-state index in [4.69, 9.17) is 16.6 Å². The van der Waals surface area contributed by atoms with Gasteiger partial charge in [-0.3, -0.25) is 14.7 Å². The Labute approximate surface area is 192 Å². The van der Waals surface area contributed by atoms with Crippen LogP contribution in [0.3, 0.4) is 0 Å². The molecule has 0 bridgehead atoms. The van der Waals surface area contributed by atoms with Crippen LogP contribution in [0.1, 0.15) is 33.9 Å². The van der Waals surface area contributed by atoms with Gasteiger partial charge < -0.3 is 0 Å². The molecule has 0 aliphatic carbocycles. The molecule has 0 fully saturated rings. The number of fused-ring (bicyclic) bond motifs is 1. The van der Waals surface area contributed by atoms with Crippen LogP contribution < -0.4 is 4.90 Å². The Kier molecular flexibility index (Phi) is 5.57. The summed E-state index contributed by atoms with van der Waals surface area (Å²) in [5.74, 6) is -0.0988. The van der Waals surface area contributed by atoms with Crippen molar-refractivity contribution in [3.05, 3.63) is 131 Å². The number of hydrogen-bond acceptors (Lipinski definition) is 2. The third-order valence-electron chi connectivity index (χ3n) is 5.68. The summed E-state index contributed by atoms with van der Waals surface area (Å²) in [6, 6.07) is 35.0. The summed E-state index contributed by atoms with van der Waals surface area (Å²) in [4.78, 5) is 20.8. The Morgan fingerprint density at radius 2 is 1.50 bits per heavy atom. The molecule has 1 amide bonds. The Morgan fingerprint density at radius 3 is 2.25 bits per heavy atom. The van der Waals surface area contributed by atoms with Gasteiger partial charge in [-0.15, -0.1) is 0 Å². The van der Waals surface area contributed by atoms with Crippen LogP contribution in [0.2, 0.25) is 5.02 Å². The van der Waals surface area contributed by atoms with Gasteiger partial charge >= 0.3 is 0 Å². The molecule has 1 atom stereocenters. The molecular weight excluding hydrogens is 416 g/mol. The van der Waals surface area contributed by atoms with E-state index in [1.54, 1.807) is 12.1 Å². The summed E-state index contributed by atoms with van der Waals surface area (Å²) >= 11 is 6.22. The van der Waals surface area contributed by atoms with Gasteiger partial charge in [0.05, 0.1) is 23.1 Å². The zero-order valence-electron chi connectivity index (χ0n) is 17.4. The minimum atomic E-state index is -0.217. The summed E-state index contributed by atoms with van der Waals surface area (Å²) in [6.45, 7) is 0. The number of benzene rings is 4. The first-order valence-electron chi connectivity index (χ1n) is 10.6. The van der Waals surface area contributed by atoms with Crippen molar-refractivity contribution in [2.45, 2.75) is 12.5 Å². The Balaban J connectivity index is 1.70. The second kappa shape index (κ2) is 8.81. The van der Waals surface area contributed by atoms with Crippen LogP contribution in [0.5, 0.6) is 0 Å². The van der Waals surface area contributed by atoms with Crippen LogP contribution in [0, 0.1) is 0 Å². The van der Waals surface area contributed by atoms with Gasteiger partial charge in [-0.05, 0) is 41.5 Å². The highest BCUT2D eigenvalue weighted by Crippen LogP contribution is 2.41. The van der Waals surface area contributed by atoms with E-state index in [1.165, 1.54) is 0 Å². The number of amides is 1. The lowest BCUT2D eigenvalue weighted by Gasteiger charge is -2.32. The number of aliphatic imine (C=N–C) groups is 1. The van der Waals surface area contributed by atoms with Crippen LogP contribution >= 0.6 is 11.6 Å². The molecule has 4 heteroatoms. The standard InChI is InChI=1S/C28H21ClN2O/c29-23-15-9-14-22(18-23)28(32)31-26-17-8-7-16-24(26)30-25(20-10-3-1-4-11-20)19-27(31)21-12-5-2-6-13-21/h1-18,27H,19H2/t27-/m1/s1. The Hall–Kier alpha value is -3.69. The first-order chi connectivity index (χ1) is 15.7. The lowest BCUT2D eigenvalue weighted by atomic mass is 9.95. The zero-order chi connectivity index (χ0) is 21.9. The quantitative estimate of drug-likeness (QED) is 0.333. The number of halogens is 1. The van der Waals surface area contributed by atoms with Crippen LogP contribution in [-0.2, 0) is 0 Å². The zero-order valence-corrected chi connectivity index (χ0v) is 18.1. The number of nitrogens with zero attached hydrogens (tertiary/aromatic N) is 2. The molecule has 0 saturated carbocycles. The minimum absolute atomic E-state index is 0.0988. The molecule has 5 rings (SSSR count). The molecule has 4 aromatic carbocycles. The van der Waals surface area contributed by atoms with Gasteiger partial charge in [-0.25, -0.2) is 0 Å². The van der Waals surface area contributed by atoms with Gasteiger partial charge in [0.2, 0.25) is 0 Å². The molecule has 0 radical (unpaired) electrons. The molecule has 1 aliphatic rings. The molecule has 0 aromatic heterocycles. The topological polar surface area (TPSA) is 32.7 Å². The number of carbonyl (C=O) groups is 1. The first kappa shape index (κ1) is 20.2. The molecule has 4 aromatic rings. The van der Waals surface area contributed by atoms with Gasteiger partial charge in [0.15, 0.2) is 0 Å². The molecule has 0 unspecified atom stereocenters. The molecule has 3 nitrogen and oxygen atoms in total. The van der Waals surface area contributed by atoms with Crippen LogP contribution in [0.4, 0.5) is 11.4 Å². The van der Waals surface area contributed by atoms with Crippen molar-refractivity contribution in [3.8, 4) is 0 Å². The number of hydrogen-bond donors (Lipinski definition) is 0. The summed E-state index contributed by atoms with van der Waals surface area (Å²) in [5, 5.41) is 0.538. The normalized spacial score (nSPS) is 15.5. The summed E-state index contributed by atoms with van der Waals surface area (Å²) < 4.78 is 0. The predicted octanol–water partition coefficient (Wildman–Crippen LogP) is 7.25. The van der Waals surface area contributed by atoms with Crippen molar-refractivity contribution in [2.24, 2.45) is 4.99 Å². The molecule has 0 N–H and O–H groups in total. The molecule has 1 heterocycles. The van der Waals surface area contributed by atoms with E-state index < -0.39 is 0 Å². The van der Waals surface area contributed by atoms with Gasteiger partial charge in [0.25, 0.3) is 5.91 Å². The second-order valence-electron chi connectivity index (χ2n) is 7.73. The molecule has 156 valence electrons. The monoisotopic (exact) mass is 436 g/mol. The Bertz CT molecular complexity index is 1290. The third kappa shape index (κ3) is 3.95. The van der Waals surface area contributed by atoms with Gasteiger partial charge in [0.1, 0.15) is 0 Å². The van der Waals surface area contributed by atoms with E-state index in [2.05, 4.69) is 24.3 Å². The van der Waals surface area contributed by atoms with E-state index in [-0.39, 0.29) is 11.9 Å². The van der Waals surface area contributed by atoms with Crippen molar-refractivity contribution >= 4 is 34.6 Å². The van der Waals surface area contributed by atoms with Crippen LogP contribution in [-0.4, -0.2) is 11.6 Å². The largest absolute Gasteiger partial charge is 0.298 e. The lowest BCUT2D eigenvalue weighted by molar-refractivity contribution is 0.0977. The highest BCUT2D eigenvalue weighted by molar-refractivity contribution is 6.31. The van der Waals surface area contributed by atoms with Crippen molar-refractivity contribution in [2.75, 3.05) is 4.90 Å². The second-order valence-corrected chi connectivity index (χ2v) is 8.17. The van der Waals surface area contributed by atoms with E-state index in [0.717, 1.165) is 28.2 Å². The number of rotatable bonds is 3. The number of para-hydroxylation sites is 2. The molecule has 32 heavy (non-hydrogen) atoms. The van der Waals surface area contributed by atoms with E-state index in [0.29, 0.717) is 17.0 Å². The predicted molar refractivity (Wildman–Crippen MR) is 131 cm³/mol. The molecule has 0 spiro atoms. The van der Waals surface area contributed by atoms with E-state index in [1.807, 2.05) is 77.7 Å². The number of carbonyl (C=O) groups excluding carboxylic acids is 1. The maximum atomic E-state index is 13.9. The maximum Gasteiger partial charge on any atom is 0.258 e. The summed E-state index contributed by atoms with van der Waals surface area (Å²) in [7, 11) is 0. The van der Waals surface area contributed by atoms with Gasteiger partial charge in [0, 0.05) is 17.0 Å². The first-order valence-corrected chi connectivity index (χ1v) is 10.9. The third-order valence-corrected chi connectivity index (χ3v) is 5.91. The highest BCUT2D eigenvalue weighted by atomic mass is 35.5. The average Bonchev–Trinajstić information content (AvgIpc) is 3.02. The van der Waals surface area contributed by atoms with Gasteiger partial charge in [-0.2, -0.15) is 0 Å². The minimum Gasteiger partial charge on any atom is -0.298 e. The van der Waals surface area contributed by atoms with Crippen molar-refractivity contribution in [1.82, 2.24) is 0 Å². The summed E-state index contributed by atoms with van der Waals surface area (Å²) in [6.07, 6.45) is 0.592. The van der Waals surface area contributed by atoms with E-state index in [9.17, 15) is 4.79 Å². The molecule has 0 saturated heterocycles. The smallest absolute Gasteiger partial charge is 0.258 e. The number of anilines is 1. The van der Waals surface area contributed by atoms with Crippen molar-refractivity contribution < 1.29 is 4.79 Å². The highest BCUT2D eigenvalue weighted by Gasteiger charge is 2.33. The van der Waals surface area contributed by atoms with Crippen molar-refractivity contribution in [1.29, 1.82) is 0 Å². The maximum absolute atomic E-state index is 13.9. The fourth-order valence-corrected chi connectivity index (χ4v) is 4.35. The average molecular weight is 437 g/mol. The SMILES string of the molecule is O=C(c1cccc(Cl)c1)N1c2ccccc2N=C(c2ccccc2)C[C@@H]1c1ccccc1. The van der Waals surface area contributed by atoms with Crippen LogP contribution in [0.25, 0.3) is 0 Å². The van der Waals surface area contributed by atoms with Crippen molar-refractivity contribution in [3.63, 3.8) is 0 Å². The Morgan fingerprint density at radius 1 is 0.812 bits per heavy atom. The molecular formula is C28H21ClN2O.